The molecule has 0 amide bonds. The van der Waals surface area contributed by atoms with Crippen LogP contribution in [0.5, 0.6) is 0 Å². The Hall–Kier alpha value is -1.27. The summed E-state index contributed by atoms with van der Waals surface area (Å²) in [5.74, 6) is 0. The molecule has 0 saturated carbocycles. The van der Waals surface area contributed by atoms with Crippen LogP contribution in [-0.2, 0) is 10.0 Å². The fourth-order valence-corrected chi connectivity index (χ4v) is 2.41. The van der Waals surface area contributed by atoms with Gasteiger partial charge in [-0.2, -0.15) is 0 Å². The van der Waals surface area contributed by atoms with E-state index in [1.807, 2.05) is 11.9 Å². The predicted octanol–water partition coefficient (Wildman–Crippen LogP) is 1.80. The number of rotatable bonds is 5. The summed E-state index contributed by atoms with van der Waals surface area (Å²) >= 11 is 0. The molecule has 0 aromatic heterocycles. The van der Waals surface area contributed by atoms with Gasteiger partial charge >= 0.3 is 0 Å². The molecule has 0 unspecified atom stereocenters. The van der Waals surface area contributed by atoms with Crippen molar-refractivity contribution in [3.05, 3.63) is 18.2 Å². The first-order chi connectivity index (χ1) is 8.65. The normalized spacial score (nSPS) is 12.5. The summed E-state index contributed by atoms with van der Waals surface area (Å²) in [4.78, 5) is 2.23. The Kier molecular flexibility index (Phi) is 4.47. The average Bonchev–Trinajstić information content (AvgIpc) is 2.38. The predicted molar refractivity (Wildman–Crippen MR) is 79.9 cm³/mol. The molecule has 0 fully saturated rings. The van der Waals surface area contributed by atoms with Crippen molar-refractivity contribution in [1.82, 2.24) is 4.72 Å². The van der Waals surface area contributed by atoms with Crippen LogP contribution in [0.15, 0.2) is 23.1 Å². The van der Waals surface area contributed by atoms with Crippen molar-refractivity contribution in [3.63, 3.8) is 0 Å². The van der Waals surface area contributed by atoms with Crippen molar-refractivity contribution in [3.8, 4) is 0 Å². The van der Waals surface area contributed by atoms with Gasteiger partial charge in [0.25, 0.3) is 0 Å². The van der Waals surface area contributed by atoms with Gasteiger partial charge in [-0.25, -0.2) is 13.1 Å². The van der Waals surface area contributed by atoms with Crippen LogP contribution in [0.4, 0.5) is 11.4 Å². The van der Waals surface area contributed by atoms with Gasteiger partial charge in [-0.15, -0.1) is 0 Å². The number of benzene rings is 1. The average molecular weight is 285 g/mol. The lowest BCUT2D eigenvalue weighted by molar-refractivity contribution is 0.471. The lowest BCUT2D eigenvalue weighted by atomic mass is 9.99. The van der Waals surface area contributed by atoms with Crippen molar-refractivity contribution < 1.29 is 8.42 Å². The highest BCUT2D eigenvalue weighted by Crippen LogP contribution is 2.31. The summed E-state index contributed by atoms with van der Waals surface area (Å²) in [6.07, 6.45) is 0.923. The Balaban J connectivity index is 3.34. The zero-order chi connectivity index (χ0) is 14.8. The molecule has 19 heavy (non-hydrogen) atoms. The van der Waals surface area contributed by atoms with Crippen molar-refractivity contribution >= 4 is 21.4 Å². The highest BCUT2D eigenvalue weighted by molar-refractivity contribution is 7.89. The Morgan fingerprint density at radius 1 is 1.37 bits per heavy atom. The van der Waals surface area contributed by atoms with E-state index in [2.05, 4.69) is 25.5 Å². The molecule has 0 aliphatic rings. The topological polar surface area (TPSA) is 75.4 Å². The van der Waals surface area contributed by atoms with Gasteiger partial charge in [-0.05, 0) is 45.5 Å². The molecule has 5 nitrogen and oxygen atoms in total. The van der Waals surface area contributed by atoms with E-state index in [4.69, 9.17) is 5.73 Å². The second-order valence-corrected chi connectivity index (χ2v) is 7.04. The van der Waals surface area contributed by atoms with Crippen LogP contribution >= 0.6 is 0 Å². The molecule has 0 heterocycles. The number of nitrogen functional groups attached to an aromatic ring is 1. The summed E-state index contributed by atoms with van der Waals surface area (Å²) in [5.41, 5.74) is 7.16. The van der Waals surface area contributed by atoms with Gasteiger partial charge in [0.05, 0.1) is 16.3 Å². The van der Waals surface area contributed by atoms with E-state index in [9.17, 15) is 8.42 Å². The molecule has 0 atom stereocenters. The van der Waals surface area contributed by atoms with Gasteiger partial charge in [0.15, 0.2) is 0 Å². The first kappa shape index (κ1) is 15.8. The molecule has 3 N–H and O–H groups in total. The first-order valence-electron chi connectivity index (χ1n) is 6.22. The lowest BCUT2D eigenvalue weighted by Gasteiger charge is -2.37. The van der Waals surface area contributed by atoms with Crippen LogP contribution in [0, 0.1) is 0 Å². The molecule has 1 rings (SSSR count). The minimum atomic E-state index is -3.46. The van der Waals surface area contributed by atoms with Crippen LogP contribution in [-0.4, -0.2) is 28.1 Å². The lowest BCUT2D eigenvalue weighted by Crippen LogP contribution is -2.41. The number of nitrogens with two attached hydrogens (primary N) is 1. The van der Waals surface area contributed by atoms with E-state index >= 15 is 0 Å². The number of nitrogens with one attached hydrogen (secondary N) is 1. The second kappa shape index (κ2) is 5.38. The zero-order valence-corrected chi connectivity index (χ0v) is 13.0. The van der Waals surface area contributed by atoms with Gasteiger partial charge < -0.3 is 10.6 Å². The minimum absolute atomic E-state index is 0.101. The third-order valence-electron chi connectivity index (χ3n) is 3.72. The first-order valence-corrected chi connectivity index (χ1v) is 7.71. The summed E-state index contributed by atoms with van der Waals surface area (Å²) in [6, 6.07) is 4.75. The van der Waals surface area contributed by atoms with E-state index in [-0.39, 0.29) is 10.4 Å². The van der Waals surface area contributed by atoms with Gasteiger partial charge in [0.1, 0.15) is 0 Å². The quantitative estimate of drug-likeness (QED) is 0.809. The number of nitrogens with zero attached hydrogens (tertiary/aromatic N) is 1. The van der Waals surface area contributed by atoms with Crippen LogP contribution in [0.2, 0.25) is 0 Å². The molecule has 0 spiro atoms. The smallest absolute Gasteiger partial charge is 0.240 e. The standard InChI is InChI=1S/C13H23N3O2S/c1-6-13(2,3)16(5)12-9-10(7-8-11(12)14)19(17,18)15-4/h7-9,15H,6,14H2,1-5H3. The Morgan fingerprint density at radius 3 is 2.42 bits per heavy atom. The second-order valence-electron chi connectivity index (χ2n) is 5.15. The molecule has 0 saturated heterocycles. The Morgan fingerprint density at radius 2 is 1.95 bits per heavy atom. The van der Waals surface area contributed by atoms with Crippen molar-refractivity contribution in [2.45, 2.75) is 37.6 Å². The van der Waals surface area contributed by atoms with Crippen LogP contribution < -0.4 is 15.4 Å². The molecule has 0 radical (unpaired) electrons. The zero-order valence-electron chi connectivity index (χ0n) is 12.2. The van der Waals surface area contributed by atoms with E-state index in [1.165, 1.54) is 13.1 Å². The van der Waals surface area contributed by atoms with Crippen molar-refractivity contribution in [2.24, 2.45) is 0 Å². The maximum Gasteiger partial charge on any atom is 0.240 e. The maximum absolute atomic E-state index is 11.8. The van der Waals surface area contributed by atoms with Gasteiger partial charge in [0, 0.05) is 12.6 Å². The van der Waals surface area contributed by atoms with E-state index in [0.717, 1.165) is 12.1 Å². The van der Waals surface area contributed by atoms with Gasteiger partial charge in [-0.3, -0.25) is 0 Å². The van der Waals surface area contributed by atoms with Crippen molar-refractivity contribution in [1.29, 1.82) is 0 Å². The third kappa shape index (κ3) is 3.19. The van der Waals surface area contributed by atoms with Gasteiger partial charge in [-0.1, -0.05) is 6.92 Å². The fraction of sp³-hybridized carbons (Fsp3) is 0.538. The van der Waals surface area contributed by atoms with E-state index in [0.29, 0.717) is 5.69 Å². The molecular formula is C13H23N3O2S. The number of anilines is 2. The summed E-state index contributed by atoms with van der Waals surface area (Å²) in [7, 11) is -0.140. The van der Waals surface area contributed by atoms with E-state index < -0.39 is 10.0 Å². The molecule has 0 aliphatic carbocycles. The SMILES string of the molecule is CCC(C)(C)N(C)c1cc(S(=O)(=O)NC)ccc1N. The van der Waals surface area contributed by atoms with Crippen LogP contribution in [0.1, 0.15) is 27.2 Å². The van der Waals surface area contributed by atoms with Crippen LogP contribution in [0.3, 0.4) is 0 Å². The summed E-state index contributed by atoms with van der Waals surface area (Å²) < 4.78 is 26.0. The monoisotopic (exact) mass is 285 g/mol. The molecular weight excluding hydrogens is 262 g/mol. The van der Waals surface area contributed by atoms with E-state index in [1.54, 1.807) is 12.1 Å². The molecule has 0 aliphatic heterocycles. The molecule has 6 heteroatoms. The Labute approximate surface area is 115 Å². The summed E-state index contributed by atoms with van der Waals surface area (Å²) in [6.45, 7) is 6.26. The maximum atomic E-state index is 11.8. The highest BCUT2D eigenvalue weighted by Gasteiger charge is 2.24. The van der Waals surface area contributed by atoms with Crippen molar-refractivity contribution in [2.75, 3.05) is 24.7 Å². The molecule has 1 aromatic carbocycles. The molecule has 108 valence electrons. The third-order valence-corrected chi connectivity index (χ3v) is 5.13. The highest BCUT2D eigenvalue weighted by atomic mass is 32.2. The Bertz CT molecular complexity index is 553. The number of sulfonamides is 1. The number of hydrogen-bond acceptors (Lipinski definition) is 4. The fourth-order valence-electron chi connectivity index (χ4n) is 1.66. The van der Waals surface area contributed by atoms with Crippen LogP contribution in [0.25, 0.3) is 0 Å². The molecule has 1 aromatic rings. The largest absolute Gasteiger partial charge is 0.397 e. The minimum Gasteiger partial charge on any atom is -0.397 e. The molecule has 0 bridgehead atoms. The summed E-state index contributed by atoms with van der Waals surface area (Å²) in [5, 5.41) is 0. The van der Waals surface area contributed by atoms with Gasteiger partial charge in [0.2, 0.25) is 10.0 Å². The number of hydrogen-bond donors (Lipinski definition) is 2.